The molecule has 2 aromatic rings. The van der Waals surface area contributed by atoms with E-state index in [0.29, 0.717) is 6.54 Å². The van der Waals surface area contributed by atoms with Gasteiger partial charge in [0.05, 0.1) is 0 Å². The molecular formula is C12H17N5. The minimum absolute atomic E-state index is 0.549. The Hall–Kier alpha value is -1.88. The van der Waals surface area contributed by atoms with Gasteiger partial charge in [-0.2, -0.15) is 0 Å². The van der Waals surface area contributed by atoms with Gasteiger partial charge in [0.1, 0.15) is 5.82 Å². The van der Waals surface area contributed by atoms with Crippen LogP contribution in [0.4, 0.5) is 5.95 Å². The monoisotopic (exact) mass is 231 g/mol. The lowest BCUT2D eigenvalue weighted by molar-refractivity contribution is 0.819. The van der Waals surface area contributed by atoms with E-state index in [1.165, 1.54) is 5.56 Å². The molecule has 0 spiro atoms. The second kappa shape index (κ2) is 4.97. The molecule has 2 rings (SSSR count). The van der Waals surface area contributed by atoms with Crippen LogP contribution in [-0.2, 0) is 20.0 Å². The Balaban J connectivity index is 2.28. The van der Waals surface area contributed by atoms with Crippen LogP contribution in [0.5, 0.6) is 0 Å². The van der Waals surface area contributed by atoms with Crippen LogP contribution < -0.4 is 11.1 Å². The molecule has 1 heterocycles. The molecule has 0 atom stereocenters. The number of nitrogens with two attached hydrogens (primary N) is 1. The minimum Gasteiger partial charge on any atom is -0.357 e. The lowest BCUT2D eigenvalue weighted by Gasteiger charge is -2.07. The van der Waals surface area contributed by atoms with Crippen LogP contribution in [0, 0.1) is 0 Å². The molecule has 0 aliphatic heterocycles. The Bertz CT molecular complexity index is 503. The zero-order valence-corrected chi connectivity index (χ0v) is 10.1. The molecule has 90 valence electrons. The summed E-state index contributed by atoms with van der Waals surface area (Å²) in [5.41, 5.74) is 8.07. The first-order chi connectivity index (χ1) is 8.26. The largest absolute Gasteiger partial charge is 0.357 e. The van der Waals surface area contributed by atoms with Crippen LogP contribution in [0.15, 0.2) is 24.3 Å². The van der Waals surface area contributed by atoms with Crippen LogP contribution in [0.3, 0.4) is 0 Å². The maximum atomic E-state index is 5.72. The predicted octanol–water partition coefficient (Wildman–Crippen LogP) is 0.906. The fourth-order valence-corrected chi connectivity index (χ4v) is 1.83. The molecule has 0 aliphatic carbocycles. The van der Waals surface area contributed by atoms with Crippen molar-refractivity contribution < 1.29 is 0 Å². The summed E-state index contributed by atoms with van der Waals surface area (Å²) >= 11 is 0. The van der Waals surface area contributed by atoms with Gasteiger partial charge in [0.2, 0.25) is 5.95 Å². The summed E-state index contributed by atoms with van der Waals surface area (Å²) in [5, 5.41) is 11.2. The first-order valence-electron chi connectivity index (χ1n) is 5.59. The SMILES string of the molecule is CNc1nnc(Cc2ccccc2CN)n1C. The van der Waals surface area contributed by atoms with Crippen molar-refractivity contribution in [1.29, 1.82) is 0 Å². The zero-order chi connectivity index (χ0) is 12.3. The summed E-state index contributed by atoms with van der Waals surface area (Å²) in [6, 6.07) is 8.14. The molecule has 1 aromatic carbocycles. The van der Waals surface area contributed by atoms with E-state index < -0.39 is 0 Å². The molecule has 0 saturated heterocycles. The summed E-state index contributed by atoms with van der Waals surface area (Å²) < 4.78 is 1.95. The maximum absolute atomic E-state index is 5.72. The van der Waals surface area contributed by atoms with Crippen molar-refractivity contribution in [2.75, 3.05) is 12.4 Å². The Labute approximate surface area is 101 Å². The molecule has 0 aliphatic rings. The second-order valence-corrected chi connectivity index (χ2v) is 3.90. The quantitative estimate of drug-likeness (QED) is 0.820. The molecule has 5 nitrogen and oxygen atoms in total. The van der Waals surface area contributed by atoms with E-state index in [9.17, 15) is 0 Å². The molecule has 1 aromatic heterocycles. The van der Waals surface area contributed by atoms with Crippen LogP contribution in [0.25, 0.3) is 0 Å². The molecule has 5 heteroatoms. The lowest BCUT2D eigenvalue weighted by atomic mass is 10.0. The van der Waals surface area contributed by atoms with Gasteiger partial charge in [0.25, 0.3) is 0 Å². The fourth-order valence-electron chi connectivity index (χ4n) is 1.83. The van der Waals surface area contributed by atoms with Gasteiger partial charge < -0.3 is 15.6 Å². The molecule has 17 heavy (non-hydrogen) atoms. The van der Waals surface area contributed by atoms with Crippen LogP contribution in [0.1, 0.15) is 17.0 Å². The summed E-state index contributed by atoms with van der Waals surface area (Å²) in [6.07, 6.45) is 0.749. The van der Waals surface area contributed by atoms with Gasteiger partial charge in [-0.1, -0.05) is 24.3 Å². The Morgan fingerprint density at radius 3 is 2.53 bits per heavy atom. The summed E-state index contributed by atoms with van der Waals surface area (Å²) in [6.45, 7) is 0.549. The highest BCUT2D eigenvalue weighted by atomic mass is 15.3. The molecular weight excluding hydrogens is 214 g/mol. The molecule has 0 fully saturated rings. The van der Waals surface area contributed by atoms with Gasteiger partial charge in [0, 0.05) is 27.1 Å². The number of rotatable bonds is 4. The number of aromatic nitrogens is 3. The Morgan fingerprint density at radius 1 is 1.24 bits per heavy atom. The van der Waals surface area contributed by atoms with Crippen molar-refractivity contribution in [2.45, 2.75) is 13.0 Å². The standard InChI is InChI=1S/C12H17N5/c1-14-12-16-15-11(17(12)2)7-9-5-3-4-6-10(9)8-13/h3-6H,7-8,13H2,1-2H3,(H,14,16). The Kier molecular flexibility index (Phi) is 3.39. The minimum atomic E-state index is 0.549. The first kappa shape index (κ1) is 11.6. The van der Waals surface area contributed by atoms with Gasteiger partial charge >= 0.3 is 0 Å². The Morgan fingerprint density at radius 2 is 1.94 bits per heavy atom. The van der Waals surface area contributed by atoms with Crippen LogP contribution in [0.2, 0.25) is 0 Å². The normalized spacial score (nSPS) is 10.5. The molecule has 0 saturated carbocycles. The van der Waals surface area contributed by atoms with E-state index >= 15 is 0 Å². The average Bonchev–Trinajstić information content (AvgIpc) is 2.71. The van der Waals surface area contributed by atoms with E-state index in [4.69, 9.17) is 5.73 Å². The van der Waals surface area contributed by atoms with Crippen molar-refractivity contribution in [1.82, 2.24) is 14.8 Å². The molecule has 3 N–H and O–H groups in total. The second-order valence-electron chi connectivity index (χ2n) is 3.90. The van der Waals surface area contributed by atoms with Crippen molar-refractivity contribution in [3.05, 3.63) is 41.2 Å². The predicted molar refractivity (Wildman–Crippen MR) is 67.7 cm³/mol. The smallest absolute Gasteiger partial charge is 0.224 e. The highest BCUT2D eigenvalue weighted by Gasteiger charge is 2.09. The summed E-state index contributed by atoms with van der Waals surface area (Å²) in [4.78, 5) is 0. The maximum Gasteiger partial charge on any atom is 0.224 e. The van der Waals surface area contributed by atoms with Crippen molar-refractivity contribution in [3.63, 3.8) is 0 Å². The third kappa shape index (κ3) is 2.29. The van der Waals surface area contributed by atoms with Crippen molar-refractivity contribution in [3.8, 4) is 0 Å². The average molecular weight is 231 g/mol. The first-order valence-corrected chi connectivity index (χ1v) is 5.59. The molecule has 0 bridgehead atoms. The molecule has 0 amide bonds. The third-order valence-electron chi connectivity index (χ3n) is 2.88. The van der Waals surface area contributed by atoms with E-state index in [0.717, 1.165) is 23.8 Å². The molecule has 0 unspecified atom stereocenters. The summed E-state index contributed by atoms with van der Waals surface area (Å²) in [5.74, 6) is 1.69. The number of anilines is 1. The number of nitrogens with zero attached hydrogens (tertiary/aromatic N) is 3. The number of nitrogens with one attached hydrogen (secondary N) is 1. The zero-order valence-electron chi connectivity index (χ0n) is 10.1. The topological polar surface area (TPSA) is 68.8 Å². The lowest BCUT2D eigenvalue weighted by Crippen LogP contribution is -2.06. The summed E-state index contributed by atoms with van der Waals surface area (Å²) in [7, 11) is 3.79. The van der Waals surface area contributed by atoms with Crippen molar-refractivity contribution >= 4 is 5.95 Å². The van der Waals surface area contributed by atoms with E-state index in [1.54, 1.807) is 0 Å². The van der Waals surface area contributed by atoms with Gasteiger partial charge in [-0.05, 0) is 11.1 Å². The molecule has 0 radical (unpaired) electrons. The van der Waals surface area contributed by atoms with Crippen molar-refractivity contribution in [2.24, 2.45) is 12.8 Å². The van der Waals surface area contributed by atoms with E-state index in [-0.39, 0.29) is 0 Å². The highest BCUT2D eigenvalue weighted by molar-refractivity contribution is 5.31. The van der Waals surface area contributed by atoms with Gasteiger partial charge in [-0.25, -0.2) is 0 Å². The van der Waals surface area contributed by atoms with Crippen LogP contribution in [-0.4, -0.2) is 21.8 Å². The van der Waals surface area contributed by atoms with E-state index in [1.807, 2.05) is 36.9 Å². The fraction of sp³-hybridized carbons (Fsp3) is 0.333. The number of benzene rings is 1. The van der Waals surface area contributed by atoms with E-state index in [2.05, 4.69) is 21.6 Å². The highest BCUT2D eigenvalue weighted by Crippen LogP contribution is 2.14. The van der Waals surface area contributed by atoms with Gasteiger partial charge in [0.15, 0.2) is 0 Å². The third-order valence-corrected chi connectivity index (χ3v) is 2.88. The van der Waals surface area contributed by atoms with Crippen LogP contribution >= 0.6 is 0 Å². The number of hydrogen-bond acceptors (Lipinski definition) is 4. The number of hydrogen-bond donors (Lipinski definition) is 2. The van der Waals surface area contributed by atoms with Gasteiger partial charge in [-0.3, -0.25) is 0 Å². The van der Waals surface area contributed by atoms with Gasteiger partial charge in [-0.15, -0.1) is 10.2 Å².